The first-order chi connectivity index (χ1) is 13.0. The van der Waals surface area contributed by atoms with Crippen molar-refractivity contribution in [2.75, 3.05) is 12.3 Å². The summed E-state index contributed by atoms with van der Waals surface area (Å²) in [5.74, 6) is -0.888. The molecule has 6 nitrogen and oxygen atoms in total. The molecule has 2 aromatic carbocycles. The second-order valence-electron chi connectivity index (χ2n) is 6.30. The number of rotatable bonds is 5. The number of aliphatic hydroxyl groups is 1. The van der Waals surface area contributed by atoms with Crippen LogP contribution in [-0.2, 0) is 0 Å². The standard InChI is InChI=1S/C20H21FN4O2/c1-3-10-23-20(27)19-17(22)14-8-4-7-13(18(14)24-25-19)12-6-5-9-15(21)16(12)11(2)26/h4-9,11,26H,3,10H2,1-2H3,(H2,22,24)(H,23,27). The second kappa shape index (κ2) is 7.67. The van der Waals surface area contributed by atoms with Gasteiger partial charge in [0.1, 0.15) is 11.3 Å². The Morgan fingerprint density at radius 2 is 1.93 bits per heavy atom. The normalized spacial score (nSPS) is 12.1. The number of aromatic nitrogens is 2. The smallest absolute Gasteiger partial charge is 0.273 e. The van der Waals surface area contributed by atoms with Crippen molar-refractivity contribution < 1.29 is 14.3 Å². The summed E-state index contributed by atoms with van der Waals surface area (Å²) >= 11 is 0. The summed E-state index contributed by atoms with van der Waals surface area (Å²) in [6.45, 7) is 3.96. The number of nitrogens with zero attached hydrogens (tertiary/aromatic N) is 2. The summed E-state index contributed by atoms with van der Waals surface area (Å²) in [5, 5.41) is 21.5. The Kier molecular flexibility index (Phi) is 5.32. The third-order valence-electron chi connectivity index (χ3n) is 4.34. The molecule has 3 aromatic rings. The predicted molar refractivity (Wildman–Crippen MR) is 103 cm³/mol. The van der Waals surface area contributed by atoms with Crippen LogP contribution in [-0.4, -0.2) is 27.8 Å². The van der Waals surface area contributed by atoms with Gasteiger partial charge in [-0.15, -0.1) is 10.2 Å². The van der Waals surface area contributed by atoms with Crippen molar-refractivity contribution >= 4 is 22.5 Å². The molecule has 0 bridgehead atoms. The number of nitrogens with one attached hydrogen (secondary N) is 1. The van der Waals surface area contributed by atoms with E-state index in [1.165, 1.54) is 13.0 Å². The molecule has 0 aliphatic heterocycles. The van der Waals surface area contributed by atoms with Gasteiger partial charge in [0.15, 0.2) is 5.69 Å². The van der Waals surface area contributed by atoms with Crippen LogP contribution in [0.3, 0.4) is 0 Å². The molecule has 1 unspecified atom stereocenters. The van der Waals surface area contributed by atoms with Crippen LogP contribution in [0.5, 0.6) is 0 Å². The summed E-state index contributed by atoms with van der Waals surface area (Å²) in [4.78, 5) is 12.2. The summed E-state index contributed by atoms with van der Waals surface area (Å²) in [6, 6.07) is 9.82. The third kappa shape index (κ3) is 3.46. The van der Waals surface area contributed by atoms with Crippen LogP contribution in [0.4, 0.5) is 10.1 Å². The molecule has 1 heterocycles. The van der Waals surface area contributed by atoms with Gasteiger partial charge in [-0.1, -0.05) is 37.3 Å². The molecule has 140 valence electrons. The molecule has 0 aliphatic carbocycles. The van der Waals surface area contributed by atoms with E-state index in [-0.39, 0.29) is 22.9 Å². The van der Waals surface area contributed by atoms with Gasteiger partial charge in [0.25, 0.3) is 5.91 Å². The number of hydrogen-bond acceptors (Lipinski definition) is 5. The fourth-order valence-corrected chi connectivity index (χ4v) is 3.05. The Balaban J connectivity index is 2.20. The minimum absolute atomic E-state index is 0.0584. The van der Waals surface area contributed by atoms with Crippen molar-refractivity contribution in [1.29, 1.82) is 0 Å². The SMILES string of the molecule is CCCNC(=O)c1nnc2c(-c3cccc(F)c3C(C)O)cccc2c1N. The van der Waals surface area contributed by atoms with Gasteiger partial charge in [-0.05, 0) is 25.0 Å². The lowest BCUT2D eigenvalue weighted by molar-refractivity contribution is 0.0949. The van der Waals surface area contributed by atoms with E-state index in [9.17, 15) is 14.3 Å². The molecular weight excluding hydrogens is 347 g/mol. The first kappa shape index (κ1) is 18.7. The highest BCUT2D eigenvalue weighted by Crippen LogP contribution is 2.35. The van der Waals surface area contributed by atoms with E-state index in [1.807, 2.05) is 6.92 Å². The number of aliphatic hydroxyl groups excluding tert-OH is 1. The van der Waals surface area contributed by atoms with E-state index in [1.54, 1.807) is 30.3 Å². The largest absolute Gasteiger partial charge is 0.396 e. The van der Waals surface area contributed by atoms with Gasteiger partial charge in [0, 0.05) is 23.1 Å². The zero-order valence-corrected chi connectivity index (χ0v) is 15.2. The molecule has 27 heavy (non-hydrogen) atoms. The summed E-state index contributed by atoms with van der Waals surface area (Å²) in [6.07, 6.45) is -0.209. The summed E-state index contributed by atoms with van der Waals surface area (Å²) < 4.78 is 14.3. The Morgan fingerprint density at radius 3 is 2.63 bits per heavy atom. The molecule has 7 heteroatoms. The lowest BCUT2D eigenvalue weighted by atomic mass is 9.94. The van der Waals surface area contributed by atoms with Crippen LogP contribution in [0.25, 0.3) is 22.0 Å². The molecule has 0 fully saturated rings. The number of benzene rings is 2. The first-order valence-corrected chi connectivity index (χ1v) is 8.75. The van der Waals surface area contributed by atoms with Crippen LogP contribution in [0.2, 0.25) is 0 Å². The maximum absolute atomic E-state index is 14.3. The number of amides is 1. The van der Waals surface area contributed by atoms with Crippen LogP contribution in [0, 0.1) is 5.82 Å². The van der Waals surface area contributed by atoms with Gasteiger partial charge in [-0.25, -0.2) is 4.39 Å². The monoisotopic (exact) mass is 368 g/mol. The lowest BCUT2D eigenvalue weighted by Crippen LogP contribution is -2.26. The molecular formula is C20H21FN4O2. The van der Waals surface area contributed by atoms with Crippen molar-refractivity contribution in [1.82, 2.24) is 15.5 Å². The fourth-order valence-electron chi connectivity index (χ4n) is 3.05. The average molecular weight is 368 g/mol. The van der Waals surface area contributed by atoms with Crippen molar-refractivity contribution in [3.05, 3.63) is 53.5 Å². The molecule has 1 amide bonds. The summed E-state index contributed by atoms with van der Waals surface area (Å²) in [7, 11) is 0. The number of carbonyl (C=O) groups excluding carboxylic acids is 1. The van der Waals surface area contributed by atoms with Crippen LogP contribution >= 0.6 is 0 Å². The maximum Gasteiger partial charge on any atom is 0.273 e. The number of halogens is 1. The van der Waals surface area contributed by atoms with E-state index < -0.39 is 11.9 Å². The van der Waals surface area contributed by atoms with Crippen molar-refractivity contribution in [3.63, 3.8) is 0 Å². The van der Waals surface area contributed by atoms with Crippen molar-refractivity contribution in [2.24, 2.45) is 0 Å². The molecule has 0 saturated heterocycles. The molecule has 1 aromatic heterocycles. The Bertz CT molecular complexity index is 1000. The quantitative estimate of drug-likeness (QED) is 0.642. The van der Waals surface area contributed by atoms with Crippen LogP contribution < -0.4 is 11.1 Å². The molecule has 0 aliphatic rings. The topological polar surface area (TPSA) is 101 Å². The second-order valence-corrected chi connectivity index (χ2v) is 6.30. The number of fused-ring (bicyclic) bond motifs is 1. The Hall–Kier alpha value is -3.06. The molecule has 0 radical (unpaired) electrons. The van der Waals surface area contributed by atoms with Gasteiger partial charge in [-0.3, -0.25) is 4.79 Å². The van der Waals surface area contributed by atoms with Gasteiger partial charge < -0.3 is 16.2 Å². The number of hydrogen-bond donors (Lipinski definition) is 3. The molecule has 4 N–H and O–H groups in total. The van der Waals surface area contributed by atoms with Gasteiger partial charge in [0.2, 0.25) is 0 Å². The van der Waals surface area contributed by atoms with Gasteiger partial charge >= 0.3 is 0 Å². The minimum atomic E-state index is -0.999. The first-order valence-electron chi connectivity index (χ1n) is 8.75. The van der Waals surface area contributed by atoms with E-state index >= 15 is 0 Å². The number of nitrogen functional groups attached to an aromatic ring is 1. The average Bonchev–Trinajstić information content (AvgIpc) is 2.65. The van der Waals surface area contributed by atoms with Crippen molar-refractivity contribution in [2.45, 2.75) is 26.4 Å². The summed E-state index contributed by atoms with van der Waals surface area (Å²) in [5.41, 5.74) is 8.16. The molecule has 1 atom stereocenters. The highest BCUT2D eigenvalue weighted by molar-refractivity contribution is 6.07. The zero-order valence-electron chi connectivity index (χ0n) is 15.2. The van der Waals surface area contributed by atoms with Crippen molar-refractivity contribution in [3.8, 4) is 11.1 Å². The van der Waals surface area contributed by atoms with E-state index in [0.717, 1.165) is 6.42 Å². The zero-order chi connectivity index (χ0) is 19.6. The third-order valence-corrected chi connectivity index (χ3v) is 4.34. The number of nitrogens with two attached hydrogens (primary N) is 1. The van der Waals surface area contributed by atoms with Crippen LogP contribution in [0.1, 0.15) is 42.4 Å². The maximum atomic E-state index is 14.3. The Morgan fingerprint density at radius 1 is 1.22 bits per heavy atom. The molecule has 0 saturated carbocycles. The van der Waals surface area contributed by atoms with Gasteiger partial charge in [0.05, 0.1) is 11.8 Å². The highest BCUT2D eigenvalue weighted by atomic mass is 19.1. The lowest BCUT2D eigenvalue weighted by Gasteiger charge is -2.15. The number of carbonyl (C=O) groups is 1. The Labute approximate surface area is 156 Å². The predicted octanol–water partition coefficient (Wildman–Crippen LogP) is 3.21. The minimum Gasteiger partial charge on any atom is -0.396 e. The van der Waals surface area contributed by atoms with E-state index in [4.69, 9.17) is 5.73 Å². The van der Waals surface area contributed by atoms with Crippen LogP contribution in [0.15, 0.2) is 36.4 Å². The highest BCUT2D eigenvalue weighted by Gasteiger charge is 2.20. The number of anilines is 1. The van der Waals surface area contributed by atoms with Gasteiger partial charge in [-0.2, -0.15) is 0 Å². The molecule has 3 rings (SSSR count). The van der Waals surface area contributed by atoms with E-state index in [2.05, 4.69) is 15.5 Å². The molecule has 0 spiro atoms. The van der Waals surface area contributed by atoms with E-state index in [0.29, 0.717) is 28.6 Å². The fraction of sp³-hybridized carbons (Fsp3) is 0.250.